The quantitative estimate of drug-likeness (QED) is 0.182. The topological polar surface area (TPSA) is 49.2 Å². The van der Waals surface area contributed by atoms with Gasteiger partial charge in [-0.15, -0.1) is 0 Å². The van der Waals surface area contributed by atoms with E-state index in [1.54, 1.807) is 0 Å². The van der Waals surface area contributed by atoms with Gasteiger partial charge in [0.15, 0.2) is 0 Å². The van der Waals surface area contributed by atoms with Crippen LogP contribution >= 0.6 is 0 Å². The Morgan fingerprint density at radius 3 is 2.13 bits per heavy atom. The molecule has 0 spiro atoms. The highest BCUT2D eigenvalue weighted by Gasteiger charge is 2.32. The van der Waals surface area contributed by atoms with Crippen LogP contribution in [-0.4, -0.2) is 6.17 Å². The van der Waals surface area contributed by atoms with Crippen molar-refractivity contribution in [2.45, 2.75) is 24.9 Å². The lowest BCUT2D eigenvalue weighted by Crippen LogP contribution is -2.61. The molecule has 1 aromatic heterocycles. The Kier molecular flexibility index (Phi) is 7.05. The van der Waals surface area contributed by atoms with Gasteiger partial charge in [-0.3, -0.25) is 16.0 Å². The summed E-state index contributed by atoms with van der Waals surface area (Å²) in [5.41, 5.74) is 8.99. The van der Waals surface area contributed by atoms with Gasteiger partial charge >= 0.3 is 0 Å². The third-order valence-electron chi connectivity index (χ3n) is 9.73. The Bertz CT molecular complexity index is 2280. The van der Waals surface area contributed by atoms with Gasteiger partial charge in [-0.05, 0) is 68.8 Å². The van der Waals surface area contributed by atoms with Crippen LogP contribution in [0.1, 0.15) is 29.9 Å². The van der Waals surface area contributed by atoms with Crippen molar-refractivity contribution in [2.24, 2.45) is 5.92 Å². The lowest BCUT2D eigenvalue weighted by Gasteiger charge is -2.42. The van der Waals surface area contributed by atoms with E-state index in [1.165, 1.54) is 38.6 Å². The fraction of sp³-hybridized carbons (Fsp3) is 0.116. The minimum absolute atomic E-state index is 0.0349. The van der Waals surface area contributed by atoms with Crippen LogP contribution in [-0.2, 0) is 0 Å². The van der Waals surface area contributed by atoms with Crippen LogP contribution in [0.15, 0.2) is 162 Å². The van der Waals surface area contributed by atoms with Crippen molar-refractivity contribution in [2.75, 3.05) is 0 Å². The van der Waals surface area contributed by atoms with E-state index >= 15 is 0 Å². The minimum Gasteiger partial charge on any atom is -0.456 e. The fourth-order valence-electron chi connectivity index (χ4n) is 7.27. The minimum atomic E-state index is -0.0723. The molecule has 1 saturated heterocycles. The molecule has 3 N–H and O–H groups in total. The first kappa shape index (κ1) is 28.0. The van der Waals surface area contributed by atoms with E-state index in [9.17, 15) is 0 Å². The smallest absolute Gasteiger partial charge is 0.136 e. The van der Waals surface area contributed by atoms with Crippen molar-refractivity contribution >= 4 is 32.7 Å². The van der Waals surface area contributed by atoms with Gasteiger partial charge in [-0.2, -0.15) is 0 Å². The summed E-state index contributed by atoms with van der Waals surface area (Å²) in [6.07, 6.45) is 9.83. The second-order valence-electron chi connectivity index (χ2n) is 12.6. The Labute approximate surface area is 274 Å². The second-order valence-corrected chi connectivity index (χ2v) is 12.6. The largest absolute Gasteiger partial charge is 0.456 e. The maximum Gasteiger partial charge on any atom is 0.136 e. The number of hydrogen-bond donors (Lipinski definition) is 3. The highest BCUT2D eigenvalue weighted by atomic mass is 16.3. The van der Waals surface area contributed by atoms with E-state index in [4.69, 9.17) is 4.42 Å². The average Bonchev–Trinajstić information content (AvgIpc) is 3.53. The number of hydrogen-bond acceptors (Lipinski definition) is 4. The van der Waals surface area contributed by atoms with E-state index in [2.05, 4.69) is 174 Å². The number of furan rings is 1. The summed E-state index contributed by atoms with van der Waals surface area (Å²) in [7, 11) is 0. The monoisotopic (exact) mass is 609 g/mol. The number of fused-ring (bicyclic) bond motifs is 4. The second kappa shape index (κ2) is 11.8. The number of rotatable bonds is 5. The van der Waals surface area contributed by atoms with Crippen LogP contribution < -0.4 is 16.0 Å². The summed E-state index contributed by atoms with van der Waals surface area (Å²) in [6.45, 7) is 0. The zero-order chi connectivity index (χ0) is 31.2. The predicted octanol–water partition coefficient (Wildman–Crippen LogP) is 10.0. The maximum absolute atomic E-state index is 6.49. The standard InChI is InChI=1S/C43H35N3O/c1-3-11-30(12-4-1)36-16-9-17-38-40(36)37-25-24-35(27-39(37)47-38)43-45-41(31-13-5-2-6-14-31)44-42(46-43)32-21-18-29(19-22-32)34-23-20-28-10-7-8-15-33(28)26-34/h1-13,15-27,31,41-46H,14H2. The van der Waals surface area contributed by atoms with Crippen molar-refractivity contribution in [3.8, 4) is 22.3 Å². The highest BCUT2D eigenvalue weighted by molar-refractivity contribution is 6.12. The molecule has 2 heterocycles. The first-order valence-electron chi connectivity index (χ1n) is 16.5. The summed E-state index contributed by atoms with van der Waals surface area (Å²) in [5, 5.41) is 16.4. The van der Waals surface area contributed by atoms with Gasteiger partial charge in [-0.1, -0.05) is 140 Å². The molecule has 1 fully saturated rings. The molecule has 4 heteroatoms. The van der Waals surface area contributed by atoms with E-state index in [0.29, 0.717) is 5.92 Å². The van der Waals surface area contributed by atoms with Crippen LogP contribution in [0, 0.1) is 5.92 Å². The van der Waals surface area contributed by atoms with Crippen LogP contribution in [0.25, 0.3) is 55.0 Å². The lowest BCUT2D eigenvalue weighted by molar-refractivity contribution is 0.170. The summed E-state index contributed by atoms with van der Waals surface area (Å²) in [4.78, 5) is 0. The Balaban J connectivity index is 1.05. The summed E-state index contributed by atoms with van der Waals surface area (Å²) < 4.78 is 6.49. The van der Waals surface area contributed by atoms with Crippen LogP contribution in [0.5, 0.6) is 0 Å². The summed E-state index contributed by atoms with van der Waals surface area (Å²) >= 11 is 0. The molecule has 0 radical (unpaired) electrons. The fourth-order valence-corrected chi connectivity index (χ4v) is 7.27. The first-order chi connectivity index (χ1) is 23.3. The van der Waals surface area contributed by atoms with Crippen molar-refractivity contribution in [3.63, 3.8) is 0 Å². The molecule has 228 valence electrons. The van der Waals surface area contributed by atoms with Gasteiger partial charge in [0.05, 0.1) is 18.5 Å². The van der Waals surface area contributed by atoms with E-state index < -0.39 is 0 Å². The molecule has 4 nitrogen and oxygen atoms in total. The van der Waals surface area contributed by atoms with Crippen LogP contribution in [0.3, 0.4) is 0 Å². The summed E-state index contributed by atoms with van der Waals surface area (Å²) in [5.74, 6) is 0.340. The first-order valence-corrected chi connectivity index (χ1v) is 16.5. The molecule has 1 aliphatic heterocycles. The molecule has 4 atom stereocenters. The molecular weight excluding hydrogens is 574 g/mol. The number of nitrogens with one attached hydrogen (secondary N) is 3. The zero-order valence-corrected chi connectivity index (χ0v) is 25.9. The molecule has 4 unspecified atom stereocenters. The van der Waals surface area contributed by atoms with E-state index in [1.807, 2.05) is 0 Å². The Morgan fingerprint density at radius 1 is 0.532 bits per heavy atom. The average molecular weight is 610 g/mol. The Hall–Kier alpha value is -5.26. The third-order valence-corrected chi connectivity index (χ3v) is 9.73. The van der Waals surface area contributed by atoms with Crippen molar-refractivity contribution < 1.29 is 4.42 Å². The Morgan fingerprint density at radius 2 is 1.30 bits per heavy atom. The molecule has 6 aromatic carbocycles. The van der Waals surface area contributed by atoms with E-state index in [0.717, 1.165) is 33.9 Å². The SMILES string of the molecule is C1=CCC(C2NC(c3ccc(-c4ccc5ccccc5c4)cc3)NC(c3ccc4c(c3)oc3cccc(-c5ccccc5)c34)N2)C=C1. The maximum atomic E-state index is 6.49. The zero-order valence-electron chi connectivity index (χ0n) is 25.9. The molecular formula is C43H35N3O. The van der Waals surface area contributed by atoms with Crippen LogP contribution in [0.2, 0.25) is 0 Å². The summed E-state index contributed by atoms with van der Waals surface area (Å²) in [6, 6.07) is 47.7. The molecule has 2 aliphatic rings. The van der Waals surface area contributed by atoms with Gasteiger partial charge in [0.2, 0.25) is 0 Å². The molecule has 0 amide bonds. The molecule has 7 aromatic rings. The molecule has 0 bridgehead atoms. The van der Waals surface area contributed by atoms with Crippen molar-refractivity contribution in [1.82, 2.24) is 16.0 Å². The number of benzene rings is 6. The van der Waals surface area contributed by atoms with Crippen molar-refractivity contribution in [1.29, 1.82) is 0 Å². The highest BCUT2D eigenvalue weighted by Crippen LogP contribution is 2.38. The molecule has 47 heavy (non-hydrogen) atoms. The third kappa shape index (κ3) is 5.27. The van der Waals surface area contributed by atoms with Crippen LogP contribution in [0.4, 0.5) is 0 Å². The van der Waals surface area contributed by atoms with Gasteiger partial charge in [0.1, 0.15) is 11.2 Å². The van der Waals surface area contributed by atoms with Gasteiger partial charge in [-0.25, -0.2) is 0 Å². The van der Waals surface area contributed by atoms with Gasteiger partial charge < -0.3 is 4.42 Å². The van der Waals surface area contributed by atoms with Gasteiger partial charge in [0.25, 0.3) is 0 Å². The number of allylic oxidation sites excluding steroid dienone is 3. The molecule has 9 rings (SSSR count). The lowest BCUT2D eigenvalue weighted by atomic mass is 9.94. The normalized spacial score (nSPS) is 21.1. The molecule has 1 aliphatic carbocycles. The predicted molar refractivity (Wildman–Crippen MR) is 194 cm³/mol. The van der Waals surface area contributed by atoms with Gasteiger partial charge in [0, 0.05) is 16.7 Å². The van der Waals surface area contributed by atoms with Crippen molar-refractivity contribution in [3.05, 3.63) is 169 Å². The molecule has 0 saturated carbocycles. The van der Waals surface area contributed by atoms with E-state index in [-0.39, 0.29) is 18.5 Å².